The van der Waals surface area contributed by atoms with Crippen LogP contribution in [0.2, 0.25) is 0 Å². The van der Waals surface area contributed by atoms with Crippen molar-refractivity contribution in [3.05, 3.63) is 17.5 Å². The van der Waals surface area contributed by atoms with E-state index in [2.05, 4.69) is 9.97 Å². The molecule has 1 aromatic heterocycles. The second-order valence-electron chi connectivity index (χ2n) is 3.10. The van der Waals surface area contributed by atoms with Crippen LogP contribution < -0.4 is 10.5 Å². The minimum Gasteiger partial charge on any atom is -0.459 e. The zero-order valence-electron chi connectivity index (χ0n) is 8.24. The largest absolute Gasteiger partial charge is 0.459 e. The molecule has 0 radical (unpaired) electrons. The van der Waals surface area contributed by atoms with Crippen molar-refractivity contribution in [1.82, 2.24) is 9.97 Å². The van der Waals surface area contributed by atoms with Gasteiger partial charge in [-0.3, -0.25) is 0 Å². The highest BCUT2D eigenvalue weighted by molar-refractivity contribution is 5.11. The number of hydrogen-bond acceptors (Lipinski definition) is 4. The summed E-state index contributed by atoms with van der Waals surface area (Å²) in [6.07, 6.45) is -0.0406. The number of nitrogens with zero attached hydrogens (tertiary/aromatic N) is 2. The standard InChI is InChI=1S/C9H15N3O/c1-6-4-7(2)12-9(11-6)13-8(3)5-10/h4,8H,5,10H2,1-3H3. The minimum absolute atomic E-state index is 0.0406. The van der Waals surface area contributed by atoms with E-state index >= 15 is 0 Å². The van der Waals surface area contributed by atoms with Gasteiger partial charge in [0, 0.05) is 17.9 Å². The van der Waals surface area contributed by atoms with Gasteiger partial charge in [-0.25, -0.2) is 9.97 Å². The molecule has 0 fully saturated rings. The molecule has 1 rings (SSSR count). The first-order valence-electron chi connectivity index (χ1n) is 4.31. The third kappa shape index (κ3) is 2.99. The highest BCUT2D eigenvalue weighted by Crippen LogP contribution is 2.07. The Morgan fingerprint density at radius 1 is 1.38 bits per heavy atom. The molecule has 0 spiro atoms. The Kier molecular flexibility index (Phi) is 3.19. The summed E-state index contributed by atoms with van der Waals surface area (Å²) in [5.41, 5.74) is 7.23. The van der Waals surface area contributed by atoms with Crippen molar-refractivity contribution < 1.29 is 4.74 Å². The summed E-state index contributed by atoms with van der Waals surface area (Å²) in [6.45, 7) is 6.18. The van der Waals surface area contributed by atoms with Crippen molar-refractivity contribution in [1.29, 1.82) is 0 Å². The predicted molar refractivity (Wildman–Crippen MR) is 50.7 cm³/mol. The van der Waals surface area contributed by atoms with Gasteiger partial charge < -0.3 is 10.5 Å². The maximum atomic E-state index is 5.42. The Morgan fingerprint density at radius 3 is 2.38 bits per heavy atom. The Morgan fingerprint density at radius 2 is 1.92 bits per heavy atom. The fraction of sp³-hybridized carbons (Fsp3) is 0.556. The molecule has 1 aromatic rings. The van der Waals surface area contributed by atoms with E-state index in [0.717, 1.165) is 11.4 Å². The van der Waals surface area contributed by atoms with Crippen LogP contribution in [0.25, 0.3) is 0 Å². The van der Waals surface area contributed by atoms with Crippen molar-refractivity contribution in [2.24, 2.45) is 5.73 Å². The molecule has 0 saturated carbocycles. The highest BCUT2D eigenvalue weighted by atomic mass is 16.5. The van der Waals surface area contributed by atoms with Crippen molar-refractivity contribution in [2.45, 2.75) is 26.9 Å². The summed E-state index contributed by atoms with van der Waals surface area (Å²) in [4.78, 5) is 8.27. The quantitative estimate of drug-likeness (QED) is 0.750. The van der Waals surface area contributed by atoms with Crippen LogP contribution >= 0.6 is 0 Å². The van der Waals surface area contributed by atoms with E-state index in [1.54, 1.807) is 0 Å². The number of aromatic nitrogens is 2. The maximum absolute atomic E-state index is 5.42. The summed E-state index contributed by atoms with van der Waals surface area (Å²) in [5.74, 6) is 0. The van der Waals surface area contributed by atoms with Crippen LogP contribution in [0.15, 0.2) is 6.07 Å². The van der Waals surface area contributed by atoms with Gasteiger partial charge in [0.05, 0.1) is 0 Å². The molecule has 1 unspecified atom stereocenters. The fourth-order valence-corrected chi connectivity index (χ4v) is 0.974. The smallest absolute Gasteiger partial charge is 0.317 e. The van der Waals surface area contributed by atoms with Crippen molar-refractivity contribution in [2.75, 3.05) is 6.54 Å². The zero-order valence-corrected chi connectivity index (χ0v) is 8.24. The van der Waals surface area contributed by atoms with Crippen molar-refractivity contribution in [3.63, 3.8) is 0 Å². The number of hydrogen-bond donors (Lipinski definition) is 1. The first-order chi connectivity index (χ1) is 6.11. The van der Waals surface area contributed by atoms with Crippen molar-refractivity contribution >= 4 is 0 Å². The monoisotopic (exact) mass is 181 g/mol. The lowest BCUT2D eigenvalue weighted by atomic mass is 10.4. The third-order valence-corrected chi connectivity index (χ3v) is 1.60. The van der Waals surface area contributed by atoms with Gasteiger partial charge in [-0.05, 0) is 26.8 Å². The number of ether oxygens (including phenoxy) is 1. The number of rotatable bonds is 3. The average Bonchev–Trinajstić information content (AvgIpc) is 2.02. The van der Waals surface area contributed by atoms with Crippen LogP contribution in [0.4, 0.5) is 0 Å². The molecule has 1 atom stereocenters. The molecule has 0 bridgehead atoms. The Balaban J connectivity index is 2.77. The van der Waals surface area contributed by atoms with Gasteiger partial charge in [-0.2, -0.15) is 0 Å². The van der Waals surface area contributed by atoms with Gasteiger partial charge in [-0.1, -0.05) is 0 Å². The second-order valence-corrected chi connectivity index (χ2v) is 3.10. The zero-order chi connectivity index (χ0) is 9.84. The van der Waals surface area contributed by atoms with E-state index < -0.39 is 0 Å². The molecular weight excluding hydrogens is 166 g/mol. The summed E-state index contributed by atoms with van der Waals surface area (Å²) >= 11 is 0. The Labute approximate surface area is 78.1 Å². The molecular formula is C9H15N3O. The lowest BCUT2D eigenvalue weighted by molar-refractivity contribution is 0.210. The molecule has 0 aliphatic carbocycles. The molecule has 4 heteroatoms. The van der Waals surface area contributed by atoms with E-state index in [1.807, 2.05) is 26.8 Å². The van der Waals surface area contributed by atoms with Crippen LogP contribution in [-0.4, -0.2) is 22.6 Å². The van der Waals surface area contributed by atoms with E-state index in [4.69, 9.17) is 10.5 Å². The topological polar surface area (TPSA) is 61.0 Å². The SMILES string of the molecule is Cc1cc(C)nc(OC(C)CN)n1. The Hall–Kier alpha value is -1.16. The van der Waals surface area contributed by atoms with Crippen molar-refractivity contribution in [3.8, 4) is 6.01 Å². The first-order valence-corrected chi connectivity index (χ1v) is 4.31. The normalized spacial score (nSPS) is 12.6. The van der Waals surface area contributed by atoms with E-state index in [9.17, 15) is 0 Å². The molecule has 0 aliphatic heterocycles. The van der Waals surface area contributed by atoms with Gasteiger partial charge in [0.1, 0.15) is 6.10 Å². The van der Waals surface area contributed by atoms with Gasteiger partial charge in [0.15, 0.2) is 0 Å². The molecule has 0 aliphatic rings. The predicted octanol–water partition coefficient (Wildman–Crippen LogP) is 0.819. The fourth-order valence-electron chi connectivity index (χ4n) is 0.974. The van der Waals surface area contributed by atoms with Gasteiger partial charge in [0.25, 0.3) is 0 Å². The van der Waals surface area contributed by atoms with Crippen LogP contribution in [0.3, 0.4) is 0 Å². The van der Waals surface area contributed by atoms with E-state index in [0.29, 0.717) is 12.6 Å². The lowest BCUT2D eigenvalue weighted by Gasteiger charge is -2.10. The molecule has 4 nitrogen and oxygen atoms in total. The molecule has 0 saturated heterocycles. The molecule has 72 valence electrons. The third-order valence-electron chi connectivity index (χ3n) is 1.60. The summed E-state index contributed by atoms with van der Waals surface area (Å²) in [7, 11) is 0. The molecule has 1 heterocycles. The molecule has 13 heavy (non-hydrogen) atoms. The van der Waals surface area contributed by atoms with Gasteiger partial charge in [-0.15, -0.1) is 0 Å². The van der Waals surface area contributed by atoms with Gasteiger partial charge in [0.2, 0.25) is 0 Å². The number of aryl methyl sites for hydroxylation is 2. The second kappa shape index (κ2) is 4.18. The Bertz CT molecular complexity index is 268. The van der Waals surface area contributed by atoms with Crippen LogP contribution in [0, 0.1) is 13.8 Å². The van der Waals surface area contributed by atoms with E-state index in [-0.39, 0.29) is 6.10 Å². The number of nitrogens with two attached hydrogens (primary N) is 1. The van der Waals surface area contributed by atoms with Gasteiger partial charge >= 0.3 is 6.01 Å². The van der Waals surface area contributed by atoms with Crippen LogP contribution in [0.1, 0.15) is 18.3 Å². The maximum Gasteiger partial charge on any atom is 0.317 e. The van der Waals surface area contributed by atoms with Crippen LogP contribution in [-0.2, 0) is 0 Å². The summed E-state index contributed by atoms with van der Waals surface area (Å²) < 4.78 is 5.38. The average molecular weight is 181 g/mol. The molecule has 2 N–H and O–H groups in total. The summed E-state index contributed by atoms with van der Waals surface area (Å²) in [5, 5.41) is 0. The highest BCUT2D eigenvalue weighted by Gasteiger charge is 2.04. The minimum atomic E-state index is -0.0406. The van der Waals surface area contributed by atoms with Crippen LogP contribution in [0.5, 0.6) is 6.01 Å². The lowest BCUT2D eigenvalue weighted by Crippen LogP contribution is -2.23. The summed E-state index contributed by atoms with van der Waals surface area (Å²) in [6, 6.07) is 2.32. The van der Waals surface area contributed by atoms with E-state index in [1.165, 1.54) is 0 Å². The first kappa shape index (κ1) is 9.92. The molecule has 0 amide bonds. The molecule has 0 aromatic carbocycles.